The minimum absolute atomic E-state index is 0.0556. The van der Waals surface area contributed by atoms with Gasteiger partial charge in [-0.2, -0.15) is 0 Å². The molecule has 0 heterocycles. The molecule has 1 atom stereocenters. The molecule has 0 fully saturated rings. The lowest BCUT2D eigenvalue weighted by Crippen LogP contribution is -2.17. The Hall–Kier alpha value is -1.23. The van der Waals surface area contributed by atoms with Gasteiger partial charge in [-0.05, 0) is 36.1 Å². The average molecular weight is 217 g/mol. The number of fused-ring (bicyclic) bond motifs is 1. The third-order valence-electron chi connectivity index (χ3n) is 2.47. The van der Waals surface area contributed by atoms with E-state index in [4.69, 9.17) is 5.73 Å². The lowest BCUT2D eigenvalue weighted by atomic mass is 10.1. The van der Waals surface area contributed by atoms with E-state index in [0.717, 1.165) is 17.5 Å². The molecule has 0 aromatic heterocycles. The summed E-state index contributed by atoms with van der Waals surface area (Å²) in [6.07, 6.45) is -3.13. The van der Waals surface area contributed by atoms with Gasteiger partial charge in [-0.3, -0.25) is 0 Å². The van der Waals surface area contributed by atoms with Gasteiger partial charge in [-0.15, -0.1) is 13.2 Å². The van der Waals surface area contributed by atoms with Gasteiger partial charge in [0.2, 0.25) is 0 Å². The molecule has 1 aliphatic rings. The van der Waals surface area contributed by atoms with Crippen LogP contribution in [0.25, 0.3) is 0 Å². The summed E-state index contributed by atoms with van der Waals surface area (Å²) in [5, 5.41) is 0. The molecule has 82 valence electrons. The van der Waals surface area contributed by atoms with Crippen molar-refractivity contribution < 1.29 is 17.9 Å². The fourth-order valence-corrected chi connectivity index (χ4v) is 1.82. The summed E-state index contributed by atoms with van der Waals surface area (Å²) < 4.78 is 39.6. The first-order chi connectivity index (χ1) is 6.96. The van der Waals surface area contributed by atoms with E-state index in [9.17, 15) is 13.2 Å². The molecule has 1 unspecified atom stereocenters. The molecular weight excluding hydrogens is 207 g/mol. The topological polar surface area (TPSA) is 35.2 Å². The van der Waals surface area contributed by atoms with Crippen molar-refractivity contribution in [2.24, 2.45) is 5.73 Å². The maximum absolute atomic E-state index is 11.9. The lowest BCUT2D eigenvalue weighted by molar-refractivity contribution is -0.274. The van der Waals surface area contributed by atoms with E-state index in [2.05, 4.69) is 4.74 Å². The van der Waals surface area contributed by atoms with Gasteiger partial charge in [0.25, 0.3) is 0 Å². The first-order valence-corrected chi connectivity index (χ1v) is 4.60. The van der Waals surface area contributed by atoms with Crippen LogP contribution in [0.3, 0.4) is 0 Å². The third-order valence-corrected chi connectivity index (χ3v) is 2.47. The van der Waals surface area contributed by atoms with Crippen LogP contribution in [-0.2, 0) is 6.42 Å². The van der Waals surface area contributed by atoms with Gasteiger partial charge in [0.1, 0.15) is 5.75 Å². The number of ether oxygens (including phenoxy) is 1. The maximum Gasteiger partial charge on any atom is 0.573 e. The summed E-state index contributed by atoms with van der Waals surface area (Å²) in [5.74, 6) is -0.171. The Bertz CT molecular complexity index is 375. The van der Waals surface area contributed by atoms with Gasteiger partial charge in [-0.1, -0.05) is 6.07 Å². The normalized spacial score (nSPS) is 20.1. The van der Waals surface area contributed by atoms with Crippen LogP contribution in [0.2, 0.25) is 0 Å². The molecule has 5 heteroatoms. The van der Waals surface area contributed by atoms with Crippen molar-refractivity contribution in [3.8, 4) is 5.75 Å². The molecule has 1 aliphatic carbocycles. The number of benzene rings is 1. The first-order valence-electron chi connectivity index (χ1n) is 4.60. The van der Waals surface area contributed by atoms with Crippen molar-refractivity contribution in [2.75, 3.05) is 0 Å². The molecule has 0 radical (unpaired) electrons. The van der Waals surface area contributed by atoms with Gasteiger partial charge < -0.3 is 10.5 Å². The van der Waals surface area contributed by atoms with E-state index in [-0.39, 0.29) is 11.8 Å². The minimum Gasteiger partial charge on any atom is -0.406 e. The van der Waals surface area contributed by atoms with E-state index in [1.165, 1.54) is 12.1 Å². The summed E-state index contributed by atoms with van der Waals surface area (Å²) in [6, 6.07) is 4.27. The van der Waals surface area contributed by atoms with Crippen molar-refractivity contribution in [3.63, 3.8) is 0 Å². The van der Waals surface area contributed by atoms with Gasteiger partial charge in [0.05, 0.1) is 0 Å². The zero-order chi connectivity index (χ0) is 11.1. The van der Waals surface area contributed by atoms with E-state index in [1.54, 1.807) is 6.07 Å². The minimum atomic E-state index is -4.63. The van der Waals surface area contributed by atoms with E-state index in [0.29, 0.717) is 6.42 Å². The predicted octanol–water partition coefficient (Wildman–Crippen LogP) is 2.53. The van der Waals surface area contributed by atoms with E-state index < -0.39 is 6.36 Å². The standard InChI is InChI=1S/C10H10F3NO/c11-10(12,13)15-7-2-3-8-6(5-7)1-4-9(8)14/h2-3,5,9H,1,4,14H2. The molecule has 0 bridgehead atoms. The van der Waals surface area contributed by atoms with Crippen LogP contribution in [0.15, 0.2) is 18.2 Å². The second-order valence-electron chi connectivity index (χ2n) is 3.55. The summed E-state index contributed by atoms with van der Waals surface area (Å²) in [5.41, 5.74) is 7.53. The molecule has 0 saturated carbocycles. The number of nitrogens with two attached hydrogens (primary N) is 1. The Morgan fingerprint density at radius 3 is 2.73 bits per heavy atom. The molecule has 2 N–H and O–H groups in total. The molecule has 0 saturated heterocycles. The number of rotatable bonds is 1. The predicted molar refractivity (Wildman–Crippen MR) is 48.4 cm³/mol. The highest BCUT2D eigenvalue weighted by Crippen LogP contribution is 2.33. The molecule has 0 aliphatic heterocycles. The zero-order valence-corrected chi connectivity index (χ0v) is 7.84. The van der Waals surface area contributed by atoms with Crippen LogP contribution in [-0.4, -0.2) is 6.36 Å². The molecule has 1 aromatic carbocycles. The molecule has 2 rings (SSSR count). The molecule has 0 spiro atoms. The summed E-state index contributed by atoms with van der Waals surface area (Å²) in [7, 11) is 0. The molecule has 0 amide bonds. The molecule has 1 aromatic rings. The Balaban J connectivity index is 2.24. The van der Waals surface area contributed by atoms with Crippen LogP contribution in [0.4, 0.5) is 13.2 Å². The van der Waals surface area contributed by atoms with E-state index in [1.807, 2.05) is 0 Å². The van der Waals surface area contributed by atoms with Crippen molar-refractivity contribution in [1.82, 2.24) is 0 Å². The van der Waals surface area contributed by atoms with Crippen molar-refractivity contribution in [2.45, 2.75) is 25.2 Å². The largest absolute Gasteiger partial charge is 0.573 e. The lowest BCUT2D eigenvalue weighted by Gasteiger charge is -2.10. The maximum atomic E-state index is 11.9. The monoisotopic (exact) mass is 217 g/mol. The van der Waals surface area contributed by atoms with E-state index >= 15 is 0 Å². The van der Waals surface area contributed by atoms with Gasteiger partial charge >= 0.3 is 6.36 Å². The molecule has 15 heavy (non-hydrogen) atoms. The summed E-state index contributed by atoms with van der Waals surface area (Å²) >= 11 is 0. The zero-order valence-electron chi connectivity index (χ0n) is 7.84. The first kappa shape index (κ1) is 10.3. The Labute approximate surface area is 84.8 Å². The Kier molecular flexibility index (Phi) is 2.34. The van der Waals surface area contributed by atoms with Crippen LogP contribution in [0, 0.1) is 0 Å². The Morgan fingerprint density at radius 2 is 2.07 bits per heavy atom. The third kappa shape index (κ3) is 2.23. The average Bonchev–Trinajstić information content (AvgIpc) is 2.45. The highest BCUT2D eigenvalue weighted by Gasteiger charge is 2.31. The SMILES string of the molecule is NC1CCc2cc(OC(F)(F)F)ccc21. The fourth-order valence-electron chi connectivity index (χ4n) is 1.82. The molecule has 2 nitrogen and oxygen atoms in total. The second kappa shape index (κ2) is 3.41. The smallest absolute Gasteiger partial charge is 0.406 e. The van der Waals surface area contributed by atoms with Crippen molar-refractivity contribution in [1.29, 1.82) is 0 Å². The van der Waals surface area contributed by atoms with Crippen LogP contribution < -0.4 is 10.5 Å². The van der Waals surface area contributed by atoms with Crippen molar-refractivity contribution >= 4 is 0 Å². The van der Waals surface area contributed by atoms with Crippen LogP contribution >= 0.6 is 0 Å². The number of hydrogen-bond donors (Lipinski definition) is 1. The summed E-state index contributed by atoms with van der Waals surface area (Å²) in [4.78, 5) is 0. The van der Waals surface area contributed by atoms with Crippen molar-refractivity contribution in [3.05, 3.63) is 29.3 Å². The van der Waals surface area contributed by atoms with Crippen LogP contribution in [0.1, 0.15) is 23.6 Å². The number of aryl methyl sites for hydroxylation is 1. The number of alkyl halides is 3. The summed E-state index contributed by atoms with van der Waals surface area (Å²) in [6.45, 7) is 0. The number of hydrogen-bond acceptors (Lipinski definition) is 2. The number of halogens is 3. The van der Waals surface area contributed by atoms with Crippen LogP contribution in [0.5, 0.6) is 5.75 Å². The quantitative estimate of drug-likeness (QED) is 0.784. The van der Waals surface area contributed by atoms with Gasteiger partial charge in [0, 0.05) is 6.04 Å². The van der Waals surface area contributed by atoms with Gasteiger partial charge in [0.15, 0.2) is 0 Å². The Morgan fingerprint density at radius 1 is 1.33 bits per heavy atom. The fraction of sp³-hybridized carbons (Fsp3) is 0.400. The highest BCUT2D eigenvalue weighted by molar-refractivity contribution is 5.40. The highest BCUT2D eigenvalue weighted by atomic mass is 19.4. The van der Waals surface area contributed by atoms with Gasteiger partial charge in [-0.25, -0.2) is 0 Å². The second-order valence-corrected chi connectivity index (χ2v) is 3.55. The molecular formula is C10H10F3NO.